The second kappa shape index (κ2) is 4.64. The second-order valence-corrected chi connectivity index (χ2v) is 5.00. The van der Waals surface area contributed by atoms with Crippen LogP contribution < -0.4 is 5.32 Å². The zero-order valence-corrected chi connectivity index (χ0v) is 10.2. The van der Waals surface area contributed by atoms with Crippen molar-refractivity contribution in [2.24, 2.45) is 5.41 Å². The first-order valence-electron chi connectivity index (χ1n) is 5.37. The van der Waals surface area contributed by atoms with Gasteiger partial charge in [0, 0.05) is 5.41 Å². The summed E-state index contributed by atoms with van der Waals surface area (Å²) in [5, 5.41) is 2.86. The van der Waals surface area contributed by atoms with Crippen LogP contribution in [0.5, 0.6) is 0 Å². The molecular weight excluding hydrogens is 205 g/mol. The van der Waals surface area contributed by atoms with Crippen LogP contribution in [0.4, 0.5) is 4.39 Å². The maximum Gasteiger partial charge on any atom is 0.225 e. The van der Waals surface area contributed by atoms with Gasteiger partial charge in [0.1, 0.15) is 5.82 Å². The van der Waals surface area contributed by atoms with Crippen molar-refractivity contribution in [3.05, 3.63) is 35.6 Å². The molecule has 0 saturated carbocycles. The van der Waals surface area contributed by atoms with E-state index in [4.69, 9.17) is 0 Å². The average Bonchev–Trinajstić information content (AvgIpc) is 2.16. The molecule has 0 saturated heterocycles. The first kappa shape index (κ1) is 12.7. The molecule has 1 atom stereocenters. The van der Waals surface area contributed by atoms with E-state index >= 15 is 0 Å². The SMILES string of the molecule is C[C@H](NC(=O)C(C)(C)C)c1cccc(F)c1. The highest BCUT2D eigenvalue weighted by Gasteiger charge is 2.22. The lowest BCUT2D eigenvalue weighted by Gasteiger charge is -2.22. The van der Waals surface area contributed by atoms with Gasteiger partial charge in [0.05, 0.1) is 6.04 Å². The van der Waals surface area contributed by atoms with Gasteiger partial charge >= 0.3 is 0 Å². The fourth-order valence-corrected chi connectivity index (χ4v) is 1.27. The Morgan fingerprint density at radius 1 is 1.38 bits per heavy atom. The molecule has 0 aliphatic carbocycles. The molecule has 3 heteroatoms. The molecule has 0 unspecified atom stereocenters. The Hall–Kier alpha value is -1.38. The normalized spacial score (nSPS) is 13.3. The molecule has 0 bridgehead atoms. The predicted molar refractivity (Wildman–Crippen MR) is 62.4 cm³/mol. The van der Waals surface area contributed by atoms with Crippen LogP contribution in [0.15, 0.2) is 24.3 Å². The van der Waals surface area contributed by atoms with Gasteiger partial charge in [0.15, 0.2) is 0 Å². The molecule has 0 aromatic heterocycles. The number of hydrogen-bond donors (Lipinski definition) is 1. The summed E-state index contributed by atoms with van der Waals surface area (Å²) in [5.74, 6) is -0.321. The first-order valence-corrected chi connectivity index (χ1v) is 5.37. The van der Waals surface area contributed by atoms with Crippen LogP contribution in [-0.4, -0.2) is 5.91 Å². The van der Waals surface area contributed by atoms with Crippen molar-refractivity contribution in [2.75, 3.05) is 0 Å². The molecule has 0 radical (unpaired) electrons. The van der Waals surface area contributed by atoms with Crippen molar-refractivity contribution < 1.29 is 9.18 Å². The van der Waals surface area contributed by atoms with Gasteiger partial charge in [0.25, 0.3) is 0 Å². The number of carbonyl (C=O) groups is 1. The maximum absolute atomic E-state index is 13.0. The van der Waals surface area contributed by atoms with E-state index in [9.17, 15) is 9.18 Å². The van der Waals surface area contributed by atoms with Gasteiger partial charge in [-0.2, -0.15) is 0 Å². The van der Waals surface area contributed by atoms with E-state index in [0.29, 0.717) is 0 Å². The summed E-state index contributed by atoms with van der Waals surface area (Å²) in [4.78, 5) is 11.7. The molecule has 1 N–H and O–H groups in total. The van der Waals surface area contributed by atoms with Crippen LogP contribution in [0.25, 0.3) is 0 Å². The molecule has 2 nitrogen and oxygen atoms in total. The Labute approximate surface area is 95.9 Å². The Morgan fingerprint density at radius 2 is 2.00 bits per heavy atom. The zero-order valence-electron chi connectivity index (χ0n) is 10.2. The number of nitrogens with one attached hydrogen (secondary N) is 1. The highest BCUT2D eigenvalue weighted by Crippen LogP contribution is 2.18. The third-order valence-corrected chi connectivity index (χ3v) is 2.38. The average molecular weight is 223 g/mol. The topological polar surface area (TPSA) is 29.1 Å². The van der Waals surface area contributed by atoms with Gasteiger partial charge in [-0.3, -0.25) is 4.79 Å². The number of hydrogen-bond acceptors (Lipinski definition) is 1. The van der Waals surface area contributed by atoms with E-state index in [1.165, 1.54) is 12.1 Å². The minimum absolute atomic E-state index is 0.0377. The molecule has 16 heavy (non-hydrogen) atoms. The molecular formula is C13H18FNO. The summed E-state index contributed by atoms with van der Waals surface area (Å²) in [6.07, 6.45) is 0. The molecule has 1 rings (SSSR count). The van der Waals surface area contributed by atoms with Gasteiger partial charge in [-0.25, -0.2) is 4.39 Å². The van der Waals surface area contributed by atoms with Gasteiger partial charge in [-0.05, 0) is 24.6 Å². The molecule has 1 aromatic carbocycles. The van der Waals surface area contributed by atoms with Crippen molar-refractivity contribution in [3.63, 3.8) is 0 Å². The molecule has 0 fully saturated rings. The number of benzene rings is 1. The molecule has 0 aliphatic rings. The zero-order chi connectivity index (χ0) is 12.3. The lowest BCUT2D eigenvalue weighted by atomic mass is 9.94. The summed E-state index contributed by atoms with van der Waals surface area (Å²) in [7, 11) is 0. The number of rotatable bonds is 2. The van der Waals surface area contributed by atoms with Crippen LogP contribution in [0.2, 0.25) is 0 Å². The van der Waals surface area contributed by atoms with E-state index in [-0.39, 0.29) is 17.8 Å². The molecule has 0 spiro atoms. The Morgan fingerprint density at radius 3 is 2.50 bits per heavy atom. The highest BCUT2D eigenvalue weighted by molar-refractivity contribution is 5.81. The molecule has 0 heterocycles. The van der Waals surface area contributed by atoms with Crippen LogP contribution in [0.1, 0.15) is 39.3 Å². The van der Waals surface area contributed by atoms with Crippen LogP contribution >= 0.6 is 0 Å². The lowest BCUT2D eigenvalue weighted by Crippen LogP contribution is -2.36. The summed E-state index contributed by atoms with van der Waals surface area (Å²) < 4.78 is 13.0. The van der Waals surface area contributed by atoms with Gasteiger partial charge in [0.2, 0.25) is 5.91 Å². The predicted octanol–water partition coefficient (Wildman–Crippen LogP) is 3.05. The second-order valence-electron chi connectivity index (χ2n) is 5.00. The van der Waals surface area contributed by atoms with E-state index < -0.39 is 5.41 Å². The van der Waals surface area contributed by atoms with Gasteiger partial charge in [-0.15, -0.1) is 0 Å². The first-order chi connectivity index (χ1) is 7.30. The van der Waals surface area contributed by atoms with E-state index in [1.54, 1.807) is 12.1 Å². The van der Waals surface area contributed by atoms with Crippen LogP contribution in [-0.2, 0) is 4.79 Å². The van der Waals surface area contributed by atoms with Crippen LogP contribution in [0, 0.1) is 11.2 Å². The van der Waals surface area contributed by atoms with Crippen molar-refractivity contribution in [2.45, 2.75) is 33.7 Å². The molecule has 0 aliphatic heterocycles. The third kappa shape index (κ3) is 3.33. The minimum atomic E-state index is -0.429. The van der Waals surface area contributed by atoms with Crippen molar-refractivity contribution in [1.82, 2.24) is 5.32 Å². The molecule has 1 amide bonds. The Kier molecular flexibility index (Phi) is 3.68. The highest BCUT2D eigenvalue weighted by atomic mass is 19.1. The maximum atomic E-state index is 13.0. The summed E-state index contributed by atoms with van der Waals surface area (Å²) in [5.41, 5.74) is 0.347. The monoisotopic (exact) mass is 223 g/mol. The Balaban J connectivity index is 2.73. The standard InChI is InChI=1S/C13H18FNO/c1-9(15-12(16)13(2,3)4)10-6-5-7-11(14)8-10/h5-9H,1-4H3,(H,15,16)/t9-/m0/s1. The van der Waals surface area contributed by atoms with Crippen LogP contribution in [0.3, 0.4) is 0 Å². The van der Waals surface area contributed by atoms with Gasteiger partial charge < -0.3 is 5.32 Å². The number of carbonyl (C=O) groups excluding carboxylic acids is 1. The van der Waals surface area contributed by atoms with Crippen molar-refractivity contribution in [3.8, 4) is 0 Å². The minimum Gasteiger partial charge on any atom is -0.349 e. The summed E-state index contributed by atoms with van der Waals surface area (Å²) in [6.45, 7) is 7.39. The van der Waals surface area contributed by atoms with Crippen molar-refractivity contribution >= 4 is 5.91 Å². The third-order valence-electron chi connectivity index (χ3n) is 2.38. The molecule has 1 aromatic rings. The number of halogens is 1. The van der Waals surface area contributed by atoms with E-state index in [0.717, 1.165) is 5.56 Å². The van der Waals surface area contributed by atoms with E-state index in [1.807, 2.05) is 27.7 Å². The Bertz CT molecular complexity index is 382. The van der Waals surface area contributed by atoms with Crippen molar-refractivity contribution in [1.29, 1.82) is 0 Å². The largest absolute Gasteiger partial charge is 0.349 e. The number of amides is 1. The fourth-order valence-electron chi connectivity index (χ4n) is 1.27. The summed E-state index contributed by atoms with van der Waals surface area (Å²) >= 11 is 0. The summed E-state index contributed by atoms with van der Waals surface area (Å²) in [6, 6.07) is 6.10. The molecule has 88 valence electrons. The lowest BCUT2D eigenvalue weighted by molar-refractivity contribution is -0.129. The fraction of sp³-hybridized carbons (Fsp3) is 0.462. The van der Waals surface area contributed by atoms with Gasteiger partial charge in [-0.1, -0.05) is 32.9 Å². The smallest absolute Gasteiger partial charge is 0.225 e. The quantitative estimate of drug-likeness (QED) is 0.820. The van der Waals surface area contributed by atoms with E-state index in [2.05, 4.69) is 5.32 Å².